The van der Waals surface area contributed by atoms with Gasteiger partial charge in [-0.15, -0.1) is 0 Å². The van der Waals surface area contributed by atoms with Crippen molar-refractivity contribution in [2.45, 2.75) is 110 Å². The van der Waals surface area contributed by atoms with Gasteiger partial charge in [0.05, 0.1) is 6.61 Å². The lowest BCUT2D eigenvalue weighted by Gasteiger charge is -2.18. The first-order chi connectivity index (χ1) is 18.3. The Morgan fingerprint density at radius 1 is 0.711 bits per heavy atom. The lowest BCUT2D eigenvalue weighted by molar-refractivity contribution is -0.161. The van der Waals surface area contributed by atoms with E-state index in [0.717, 1.165) is 44.9 Å². The van der Waals surface area contributed by atoms with Gasteiger partial charge in [0.2, 0.25) is 0 Å². The molecule has 1 atom stereocenters. The van der Waals surface area contributed by atoms with Gasteiger partial charge in [-0.05, 0) is 38.5 Å². The maximum atomic E-state index is 12.2. The Morgan fingerprint density at radius 3 is 1.84 bits per heavy atom. The monoisotopic (exact) mass is 556 g/mol. The van der Waals surface area contributed by atoms with Crippen molar-refractivity contribution in [3.05, 3.63) is 48.6 Å². The van der Waals surface area contributed by atoms with E-state index in [2.05, 4.69) is 54.8 Å². The van der Waals surface area contributed by atoms with Crippen molar-refractivity contribution in [1.82, 2.24) is 0 Å². The van der Waals surface area contributed by atoms with Crippen molar-refractivity contribution >= 4 is 19.8 Å². The van der Waals surface area contributed by atoms with Crippen LogP contribution in [0, 0.1) is 0 Å². The molecule has 0 fully saturated rings. The highest BCUT2D eigenvalue weighted by Crippen LogP contribution is 2.35. The minimum atomic E-state index is -4.75. The third-order valence-corrected chi connectivity index (χ3v) is 5.86. The number of phosphoric ester groups is 1. The minimum absolute atomic E-state index is 0.0899. The van der Waals surface area contributed by atoms with E-state index in [0.29, 0.717) is 12.8 Å². The van der Waals surface area contributed by atoms with Gasteiger partial charge in [0.1, 0.15) is 6.61 Å². The molecule has 0 saturated carbocycles. The zero-order valence-corrected chi connectivity index (χ0v) is 24.2. The fourth-order valence-corrected chi connectivity index (χ4v) is 3.68. The lowest BCUT2D eigenvalue weighted by atomic mass is 10.1. The van der Waals surface area contributed by atoms with Crippen LogP contribution in [0.3, 0.4) is 0 Å². The SMILES string of the molecule is CC/C=C\C/C=C\C/C=C\C/C=C\CCC(=O)OC(COC(=O)CCCCCCCCC)COP(=O)(O)O. The Bertz CT molecular complexity index is 767. The fraction of sp³-hybridized carbons (Fsp3) is 0.655. The van der Waals surface area contributed by atoms with Crippen LogP contribution in [0.1, 0.15) is 104 Å². The highest BCUT2D eigenvalue weighted by atomic mass is 31.2. The second-order valence-electron chi connectivity index (χ2n) is 8.99. The first kappa shape index (κ1) is 36.0. The predicted molar refractivity (Wildman–Crippen MR) is 151 cm³/mol. The minimum Gasteiger partial charge on any atom is -0.462 e. The van der Waals surface area contributed by atoms with Crippen LogP contribution in [0.5, 0.6) is 0 Å². The number of esters is 2. The second kappa shape index (κ2) is 25.3. The number of allylic oxidation sites excluding steroid dienone is 8. The van der Waals surface area contributed by atoms with Crippen LogP contribution in [0.2, 0.25) is 0 Å². The van der Waals surface area contributed by atoms with Gasteiger partial charge in [0, 0.05) is 12.8 Å². The first-order valence-electron chi connectivity index (χ1n) is 13.9. The third kappa shape index (κ3) is 27.1. The predicted octanol–water partition coefficient (Wildman–Crippen LogP) is 7.28. The molecule has 0 aromatic heterocycles. The van der Waals surface area contributed by atoms with Gasteiger partial charge < -0.3 is 19.3 Å². The number of carbonyl (C=O) groups excluding carboxylic acids is 2. The molecule has 0 radical (unpaired) electrons. The van der Waals surface area contributed by atoms with Crippen LogP contribution >= 0.6 is 7.82 Å². The fourth-order valence-electron chi connectivity index (χ4n) is 3.32. The van der Waals surface area contributed by atoms with Crippen molar-refractivity contribution in [1.29, 1.82) is 0 Å². The number of carbonyl (C=O) groups is 2. The average Bonchev–Trinajstić information content (AvgIpc) is 2.87. The number of hydrogen-bond acceptors (Lipinski definition) is 6. The molecule has 0 amide bonds. The van der Waals surface area contributed by atoms with Crippen LogP contribution in [0.15, 0.2) is 48.6 Å². The maximum Gasteiger partial charge on any atom is 0.469 e. The summed E-state index contributed by atoms with van der Waals surface area (Å²) in [5.41, 5.74) is 0. The molecular weight excluding hydrogens is 507 g/mol. The summed E-state index contributed by atoms with van der Waals surface area (Å²) in [5, 5.41) is 0. The summed E-state index contributed by atoms with van der Waals surface area (Å²) in [4.78, 5) is 42.1. The molecule has 0 aliphatic rings. The molecule has 2 N–H and O–H groups in total. The van der Waals surface area contributed by atoms with Gasteiger partial charge >= 0.3 is 19.8 Å². The number of ether oxygens (including phenoxy) is 2. The van der Waals surface area contributed by atoms with Crippen molar-refractivity contribution in [2.75, 3.05) is 13.2 Å². The van der Waals surface area contributed by atoms with E-state index in [1.165, 1.54) is 19.3 Å². The Balaban J connectivity index is 4.26. The van der Waals surface area contributed by atoms with E-state index >= 15 is 0 Å². The van der Waals surface area contributed by atoms with Gasteiger partial charge in [0.25, 0.3) is 0 Å². The third-order valence-electron chi connectivity index (χ3n) is 5.38. The number of rotatable bonds is 24. The Labute approximate surface area is 229 Å². The van der Waals surface area contributed by atoms with Gasteiger partial charge in [-0.2, -0.15) is 0 Å². The molecule has 38 heavy (non-hydrogen) atoms. The molecular formula is C29H49O8P. The molecule has 0 heterocycles. The quantitative estimate of drug-likeness (QED) is 0.0551. The van der Waals surface area contributed by atoms with Crippen LogP contribution < -0.4 is 0 Å². The Hall–Kier alpha value is -1.99. The molecule has 0 aliphatic carbocycles. The normalized spacial score (nSPS) is 13.3. The number of unbranched alkanes of at least 4 members (excludes halogenated alkanes) is 6. The summed E-state index contributed by atoms with van der Waals surface area (Å²) in [5.74, 6) is -0.995. The largest absolute Gasteiger partial charge is 0.469 e. The molecule has 0 rings (SSSR count). The van der Waals surface area contributed by atoms with Gasteiger partial charge in [-0.25, -0.2) is 4.57 Å². The molecule has 0 aromatic carbocycles. The summed E-state index contributed by atoms with van der Waals surface area (Å²) in [7, 11) is -4.75. The molecule has 9 heteroatoms. The van der Waals surface area contributed by atoms with Crippen LogP contribution in [0.4, 0.5) is 0 Å². The second-order valence-corrected chi connectivity index (χ2v) is 10.2. The van der Waals surface area contributed by atoms with Crippen molar-refractivity contribution < 1.29 is 37.9 Å². The van der Waals surface area contributed by atoms with E-state index in [1.807, 2.05) is 12.2 Å². The molecule has 0 spiro atoms. The molecule has 1 unspecified atom stereocenters. The molecule has 8 nitrogen and oxygen atoms in total. The van der Waals surface area contributed by atoms with Crippen LogP contribution in [0.25, 0.3) is 0 Å². The molecule has 0 saturated heterocycles. The topological polar surface area (TPSA) is 119 Å². The van der Waals surface area contributed by atoms with Gasteiger partial charge in [0.15, 0.2) is 6.10 Å². The molecule has 0 bridgehead atoms. The number of phosphoric acid groups is 1. The van der Waals surface area contributed by atoms with Crippen LogP contribution in [-0.2, 0) is 28.2 Å². The number of hydrogen-bond donors (Lipinski definition) is 2. The first-order valence-corrected chi connectivity index (χ1v) is 15.5. The van der Waals surface area contributed by atoms with E-state index in [4.69, 9.17) is 19.3 Å². The van der Waals surface area contributed by atoms with Crippen molar-refractivity contribution in [3.63, 3.8) is 0 Å². The smallest absolute Gasteiger partial charge is 0.462 e. The zero-order valence-electron chi connectivity index (χ0n) is 23.3. The zero-order chi connectivity index (χ0) is 28.3. The molecule has 218 valence electrons. The standard InChI is InChI=1S/C29H49O8P/c1-3-5-7-9-11-12-13-14-15-16-18-20-22-24-29(31)37-27(26-36-38(32,33)34)25-35-28(30)23-21-19-17-10-8-6-4-2/h5,7,11-12,14-15,18,20,27H,3-4,6,8-10,13,16-17,19,21-26H2,1-2H3,(H2,32,33,34)/b7-5-,12-11-,15-14-,20-18-. The summed E-state index contributed by atoms with van der Waals surface area (Å²) in [6, 6.07) is 0. The Kier molecular flexibility index (Phi) is 24.0. The molecule has 0 aromatic rings. The highest BCUT2D eigenvalue weighted by Gasteiger charge is 2.22. The summed E-state index contributed by atoms with van der Waals surface area (Å²) in [6.07, 6.45) is 27.3. The summed E-state index contributed by atoms with van der Waals surface area (Å²) >= 11 is 0. The van der Waals surface area contributed by atoms with Gasteiger partial charge in [-0.3, -0.25) is 14.1 Å². The van der Waals surface area contributed by atoms with E-state index in [1.54, 1.807) is 0 Å². The highest BCUT2D eigenvalue weighted by molar-refractivity contribution is 7.46. The van der Waals surface area contributed by atoms with Crippen molar-refractivity contribution in [2.24, 2.45) is 0 Å². The summed E-state index contributed by atoms with van der Waals surface area (Å²) in [6.45, 7) is 3.40. The van der Waals surface area contributed by atoms with Crippen molar-refractivity contribution in [3.8, 4) is 0 Å². The van der Waals surface area contributed by atoms with E-state index < -0.39 is 32.5 Å². The molecule has 0 aliphatic heterocycles. The summed E-state index contributed by atoms with van der Waals surface area (Å²) < 4.78 is 25.9. The van der Waals surface area contributed by atoms with E-state index in [-0.39, 0.29) is 19.4 Å². The van der Waals surface area contributed by atoms with Gasteiger partial charge in [-0.1, -0.05) is 101 Å². The van der Waals surface area contributed by atoms with E-state index in [9.17, 15) is 14.2 Å². The average molecular weight is 557 g/mol. The lowest BCUT2D eigenvalue weighted by Crippen LogP contribution is -2.29. The maximum absolute atomic E-state index is 12.2. The van der Waals surface area contributed by atoms with Crippen LogP contribution in [-0.4, -0.2) is 41.0 Å². The Morgan fingerprint density at radius 2 is 1.26 bits per heavy atom.